The van der Waals surface area contributed by atoms with E-state index in [1.165, 1.54) is 0 Å². The summed E-state index contributed by atoms with van der Waals surface area (Å²) in [4.78, 5) is 11.8. The van der Waals surface area contributed by atoms with Crippen molar-refractivity contribution in [2.24, 2.45) is 0 Å². The van der Waals surface area contributed by atoms with E-state index in [1.807, 2.05) is 11.6 Å². The molecule has 1 aliphatic heterocycles. The standard InChI is InChI=1S/C23H18ClF2NO5S/c1-12-6-7-32-23(29)13-8-17(24)22(28)21(9-13)33(30,31)27-20-10-16(18(25)11-19(20)26)15-5-3-2-4-14(12)15/h2-5,8-12,27-28H,6-7H2,1H3. The Bertz CT molecular complexity index is 1380. The number of halogens is 3. The van der Waals surface area contributed by atoms with Crippen molar-refractivity contribution in [1.29, 1.82) is 0 Å². The van der Waals surface area contributed by atoms with Gasteiger partial charge in [0.15, 0.2) is 5.75 Å². The van der Waals surface area contributed by atoms with Crippen LogP contribution in [0, 0.1) is 11.6 Å². The first-order chi connectivity index (χ1) is 15.6. The van der Waals surface area contributed by atoms with Crippen LogP contribution in [0.4, 0.5) is 14.5 Å². The summed E-state index contributed by atoms with van der Waals surface area (Å²) in [6, 6.07) is 10.4. The average Bonchev–Trinajstić information content (AvgIpc) is 2.76. The molecule has 0 aromatic heterocycles. The number of fused-ring (bicyclic) bond motifs is 6. The Balaban J connectivity index is 1.96. The van der Waals surface area contributed by atoms with Gasteiger partial charge >= 0.3 is 5.97 Å². The number of carbonyl (C=O) groups excluding carboxylic acids is 1. The summed E-state index contributed by atoms with van der Waals surface area (Å²) < 4.78 is 62.6. The van der Waals surface area contributed by atoms with Crippen molar-refractivity contribution < 1.29 is 31.8 Å². The van der Waals surface area contributed by atoms with Gasteiger partial charge in [0, 0.05) is 11.6 Å². The van der Waals surface area contributed by atoms with E-state index in [1.54, 1.807) is 24.3 Å². The number of nitrogens with one attached hydrogen (secondary N) is 1. The third-order valence-electron chi connectivity index (χ3n) is 5.42. The Morgan fingerprint density at radius 2 is 1.82 bits per heavy atom. The van der Waals surface area contributed by atoms with Crippen LogP contribution in [0.2, 0.25) is 5.02 Å². The SMILES string of the molecule is CC1CCOC(=O)c2cc(Cl)c(O)c(c2)S(=O)(=O)Nc2cc(c(F)cc2F)-c2ccccc21. The molecule has 1 heterocycles. The molecule has 172 valence electrons. The maximum absolute atomic E-state index is 14.8. The lowest BCUT2D eigenvalue weighted by molar-refractivity contribution is 0.0494. The van der Waals surface area contributed by atoms with Crippen LogP contribution in [0.5, 0.6) is 5.75 Å². The number of sulfonamides is 1. The first kappa shape index (κ1) is 23.0. The number of anilines is 1. The normalized spacial score (nSPS) is 17.7. The first-order valence-corrected chi connectivity index (χ1v) is 11.8. The van der Waals surface area contributed by atoms with Crippen molar-refractivity contribution in [2.75, 3.05) is 11.3 Å². The fraction of sp³-hybridized carbons (Fsp3) is 0.174. The molecule has 0 saturated heterocycles. The van der Waals surface area contributed by atoms with E-state index in [9.17, 15) is 27.1 Å². The highest BCUT2D eigenvalue weighted by atomic mass is 35.5. The number of ether oxygens (including phenoxy) is 1. The van der Waals surface area contributed by atoms with Crippen LogP contribution in [0.25, 0.3) is 11.1 Å². The number of aromatic hydroxyl groups is 1. The van der Waals surface area contributed by atoms with Gasteiger partial charge in [0.05, 0.1) is 22.9 Å². The van der Waals surface area contributed by atoms with Crippen LogP contribution < -0.4 is 4.72 Å². The second-order valence-corrected chi connectivity index (χ2v) is 9.69. The summed E-state index contributed by atoms with van der Waals surface area (Å²) in [5.74, 6) is -3.88. The molecular weight excluding hydrogens is 476 g/mol. The highest BCUT2D eigenvalue weighted by molar-refractivity contribution is 7.92. The maximum atomic E-state index is 14.8. The van der Waals surface area contributed by atoms with Gasteiger partial charge in [0.25, 0.3) is 10.0 Å². The Morgan fingerprint density at radius 1 is 1.09 bits per heavy atom. The van der Waals surface area contributed by atoms with Crippen molar-refractivity contribution in [1.82, 2.24) is 0 Å². The highest BCUT2D eigenvalue weighted by Crippen LogP contribution is 2.38. The zero-order chi connectivity index (χ0) is 23.9. The minimum absolute atomic E-state index is 0.00961. The number of cyclic esters (lactones) is 1. The minimum Gasteiger partial charge on any atom is -0.505 e. The summed E-state index contributed by atoms with van der Waals surface area (Å²) in [5.41, 5.74) is 0.396. The van der Waals surface area contributed by atoms with E-state index in [0.717, 1.165) is 18.2 Å². The van der Waals surface area contributed by atoms with Gasteiger partial charge in [-0.05, 0) is 41.7 Å². The highest BCUT2D eigenvalue weighted by Gasteiger charge is 2.27. The molecule has 2 N–H and O–H groups in total. The van der Waals surface area contributed by atoms with Gasteiger partial charge in [-0.25, -0.2) is 22.0 Å². The van der Waals surface area contributed by atoms with Crippen LogP contribution >= 0.6 is 11.6 Å². The van der Waals surface area contributed by atoms with Crippen molar-refractivity contribution in [3.63, 3.8) is 0 Å². The smallest absolute Gasteiger partial charge is 0.338 e. The molecule has 10 heteroatoms. The van der Waals surface area contributed by atoms with Gasteiger partial charge < -0.3 is 9.84 Å². The molecular formula is C23H18ClF2NO5S. The number of hydrogen-bond donors (Lipinski definition) is 2. The topological polar surface area (TPSA) is 92.7 Å². The predicted octanol–water partition coefficient (Wildman–Crippen LogP) is 5.46. The Kier molecular flexibility index (Phi) is 6.02. The number of rotatable bonds is 0. The van der Waals surface area contributed by atoms with Gasteiger partial charge in [0.1, 0.15) is 16.5 Å². The van der Waals surface area contributed by atoms with Crippen molar-refractivity contribution in [3.05, 3.63) is 76.3 Å². The number of benzene rings is 3. The zero-order valence-corrected chi connectivity index (χ0v) is 18.8. The van der Waals surface area contributed by atoms with Crippen LogP contribution in [-0.2, 0) is 14.8 Å². The largest absolute Gasteiger partial charge is 0.505 e. The van der Waals surface area contributed by atoms with Crippen molar-refractivity contribution in [2.45, 2.75) is 24.2 Å². The summed E-state index contributed by atoms with van der Waals surface area (Å²) in [6.45, 7) is 1.86. The molecule has 4 bridgehead atoms. The summed E-state index contributed by atoms with van der Waals surface area (Å²) in [5, 5.41) is 9.82. The molecule has 1 unspecified atom stereocenters. The second kappa shape index (κ2) is 8.64. The lowest BCUT2D eigenvalue weighted by atomic mass is 9.89. The fourth-order valence-corrected chi connectivity index (χ4v) is 5.15. The molecule has 0 spiro atoms. The van der Waals surface area contributed by atoms with E-state index < -0.39 is 49.0 Å². The van der Waals surface area contributed by atoms with Gasteiger partial charge in [-0.2, -0.15) is 0 Å². The molecule has 0 amide bonds. The van der Waals surface area contributed by atoms with Crippen LogP contribution in [0.3, 0.4) is 0 Å². The number of carbonyl (C=O) groups is 1. The van der Waals surface area contributed by atoms with E-state index in [-0.39, 0.29) is 23.7 Å². The van der Waals surface area contributed by atoms with Gasteiger partial charge in [-0.1, -0.05) is 42.8 Å². The zero-order valence-electron chi connectivity index (χ0n) is 17.2. The molecule has 3 aromatic carbocycles. The molecule has 0 saturated carbocycles. The molecule has 3 aromatic rings. The molecule has 4 rings (SSSR count). The van der Waals surface area contributed by atoms with Crippen LogP contribution in [0.1, 0.15) is 35.2 Å². The predicted molar refractivity (Wildman–Crippen MR) is 119 cm³/mol. The molecule has 1 atom stereocenters. The molecule has 0 aliphatic carbocycles. The van der Waals surface area contributed by atoms with Gasteiger partial charge in [0.2, 0.25) is 0 Å². The maximum Gasteiger partial charge on any atom is 0.338 e. The van der Waals surface area contributed by atoms with E-state index in [0.29, 0.717) is 23.6 Å². The van der Waals surface area contributed by atoms with Gasteiger partial charge in [-0.15, -0.1) is 0 Å². The van der Waals surface area contributed by atoms with Crippen molar-refractivity contribution in [3.8, 4) is 16.9 Å². The molecule has 6 nitrogen and oxygen atoms in total. The summed E-state index contributed by atoms with van der Waals surface area (Å²) in [7, 11) is -4.63. The Morgan fingerprint density at radius 3 is 2.58 bits per heavy atom. The van der Waals surface area contributed by atoms with Crippen LogP contribution in [0.15, 0.2) is 53.4 Å². The third kappa shape index (κ3) is 4.38. The second-order valence-electron chi connectivity index (χ2n) is 7.64. The molecule has 33 heavy (non-hydrogen) atoms. The van der Waals surface area contributed by atoms with E-state index >= 15 is 0 Å². The Hall–Kier alpha value is -3.17. The summed E-state index contributed by atoms with van der Waals surface area (Å²) >= 11 is 5.93. The van der Waals surface area contributed by atoms with E-state index in [4.69, 9.17) is 16.3 Å². The minimum atomic E-state index is -4.63. The van der Waals surface area contributed by atoms with Crippen LogP contribution in [-0.4, -0.2) is 26.1 Å². The third-order valence-corrected chi connectivity index (χ3v) is 7.09. The first-order valence-electron chi connectivity index (χ1n) is 9.89. The average molecular weight is 494 g/mol. The quantitative estimate of drug-likeness (QED) is 0.406. The van der Waals surface area contributed by atoms with Crippen molar-refractivity contribution >= 4 is 33.3 Å². The van der Waals surface area contributed by atoms with E-state index in [2.05, 4.69) is 0 Å². The number of esters is 1. The number of hydrogen-bond acceptors (Lipinski definition) is 5. The number of phenolic OH excluding ortho intramolecular Hbond substituents is 1. The van der Waals surface area contributed by atoms with Gasteiger partial charge in [-0.3, -0.25) is 4.72 Å². The molecule has 1 aliphatic rings. The number of phenols is 1. The lowest BCUT2D eigenvalue weighted by Crippen LogP contribution is -2.16. The summed E-state index contributed by atoms with van der Waals surface area (Å²) in [6.07, 6.45) is 0.383. The Labute approximate surface area is 193 Å². The monoisotopic (exact) mass is 493 g/mol. The molecule has 0 fully saturated rings. The molecule has 0 radical (unpaired) electrons. The fourth-order valence-electron chi connectivity index (χ4n) is 3.67. The lowest BCUT2D eigenvalue weighted by Gasteiger charge is -2.18.